The van der Waals surface area contributed by atoms with Crippen molar-refractivity contribution >= 4 is 5.97 Å². The summed E-state index contributed by atoms with van der Waals surface area (Å²) in [5.41, 5.74) is 0. The number of nitrogens with one attached hydrogen (secondary N) is 2. The molecule has 1 saturated heterocycles. The van der Waals surface area contributed by atoms with E-state index in [1.807, 2.05) is 0 Å². The van der Waals surface area contributed by atoms with Crippen LogP contribution in [0, 0.1) is 0 Å². The minimum atomic E-state index is -0.0935. The SMILES string of the molecule is COC(=O)CCCCCC1NCNC1C. The van der Waals surface area contributed by atoms with Crippen LogP contribution in [0.3, 0.4) is 0 Å². The standard InChI is InChI=1S/C11H22N2O2/c1-9-10(13-8-12-9)6-4-3-5-7-11(14)15-2/h9-10,12-13H,3-8H2,1-2H3. The molecule has 0 radical (unpaired) electrons. The van der Waals surface area contributed by atoms with E-state index < -0.39 is 0 Å². The van der Waals surface area contributed by atoms with E-state index in [1.54, 1.807) is 0 Å². The summed E-state index contributed by atoms with van der Waals surface area (Å²) < 4.78 is 4.59. The molecule has 1 heterocycles. The van der Waals surface area contributed by atoms with E-state index in [0.29, 0.717) is 18.5 Å². The summed E-state index contributed by atoms with van der Waals surface area (Å²) >= 11 is 0. The van der Waals surface area contributed by atoms with Crippen molar-refractivity contribution in [3.8, 4) is 0 Å². The Labute approximate surface area is 91.8 Å². The van der Waals surface area contributed by atoms with Crippen molar-refractivity contribution in [3.05, 3.63) is 0 Å². The van der Waals surface area contributed by atoms with Crippen molar-refractivity contribution in [2.45, 2.75) is 51.1 Å². The van der Waals surface area contributed by atoms with Gasteiger partial charge in [0.2, 0.25) is 0 Å². The van der Waals surface area contributed by atoms with Crippen LogP contribution >= 0.6 is 0 Å². The van der Waals surface area contributed by atoms with Crippen LogP contribution in [0.1, 0.15) is 39.0 Å². The summed E-state index contributed by atoms with van der Waals surface area (Å²) in [7, 11) is 1.44. The van der Waals surface area contributed by atoms with E-state index in [0.717, 1.165) is 19.5 Å². The third-order valence-electron chi connectivity index (χ3n) is 3.02. The van der Waals surface area contributed by atoms with E-state index >= 15 is 0 Å². The lowest BCUT2D eigenvalue weighted by molar-refractivity contribution is -0.140. The highest BCUT2D eigenvalue weighted by Crippen LogP contribution is 2.10. The fourth-order valence-electron chi connectivity index (χ4n) is 1.93. The van der Waals surface area contributed by atoms with E-state index in [4.69, 9.17) is 0 Å². The van der Waals surface area contributed by atoms with Gasteiger partial charge in [0.1, 0.15) is 0 Å². The molecule has 0 aromatic rings. The molecule has 0 spiro atoms. The molecule has 1 fully saturated rings. The lowest BCUT2D eigenvalue weighted by Gasteiger charge is -2.14. The van der Waals surface area contributed by atoms with Gasteiger partial charge in [-0.25, -0.2) is 0 Å². The molecule has 0 aliphatic carbocycles. The second-order valence-electron chi connectivity index (χ2n) is 4.16. The first kappa shape index (κ1) is 12.5. The Balaban J connectivity index is 1.95. The second-order valence-corrected chi connectivity index (χ2v) is 4.16. The highest BCUT2D eigenvalue weighted by atomic mass is 16.5. The van der Waals surface area contributed by atoms with Gasteiger partial charge in [-0.2, -0.15) is 0 Å². The van der Waals surface area contributed by atoms with Gasteiger partial charge in [0.05, 0.1) is 7.11 Å². The predicted octanol–water partition coefficient (Wildman–Crippen LogP) is 1.02. The number of esters is 1. The number of carbonyl (C=O) groups is 1. The normalized spacial score (nSPS) is 25.5. The molecule has 88 valence electrons. The molecular formula is C11H22N2O2. The topological polar surface area (TPSA) is 50.4 Å². The molecular weight excluding hydrogens is 192 g/mol. The lowest BCUT2D eigenvalue weighted by atomic mass is 10.0. The fourth-order valence-corrected chi connectivity index (χ4v) is 1.93. The lowest BCUT2D eigenvalue weighted by Crippen LogP contribution is -2.30. The van der Waals surface area contributed by atoms with Crippen LogP contribution in [-0.2, 0) is 9.53 Å². The molecule has 0 bridgehead atoms. The molecule has 0 aromatic carbocycles. The third kappa shape index (κ3) is 4.62. The summed E-state index contributed by atoms with van der Waals surface area (Å²) in [6, 6.07) is 1.17. The van der Waals surface area contributed by atoms with Gasteiger partial charge < -0.3 is 15.4 Å². The van der Waals surface area contributed by atoms with Gasteiger partial charge in [0.15, 0.2) is 0 Å². The maximum absolute atomic E-state index is 10.8. The summed E-state index contributed by atoms with van der Waals surface area (Å²) in [4.78, 5) is 10.8. The maximum atomic E-state index is 10.8. The van der Waals surface area contributed by atoms with E-state index in [9.17, 15) is 4.79 Å². The predicted molar refractivity (Wildman–Crippen MR) is 59.5 cm³/mol. The number of unbranched alkanes of at least 4 members (excludes halogenated alkanes) is 2. The molecule has 1 aliphatic rings. The Morgan fingerprint density at radius 1 is 1.33 bits per heavy atom. The van der Waals surface area contributed by atoms with E-state index in [1.165, 1.54) is 20.0 Å². The van der Waals surface area contributed by atoms with E-state index in [-0.39, 0.29) is 5.97 Å². The number of ether oxygens (including phenoxy) is 1. The molecule has 15 heavy (non-hydrogen) atoms. The van der Waals surface area contributed by atoms with Gasteiger partial charge in [-0.3, -0.25) is 4.79 Å². The van der Waals surface area contributed by atoms with Gasteiger partial charge in [0, 0.05) is 25.2 Å². The van der Waals surface area contributed by atoms with Crippen LogP contribution in [0.4, 0.5) is 0 Å². The summed E-state index contributed by atoms with van der Waals surface area (Å²) in [5.74, 6) is -0.0935. The zero-order chi connectivity index (χ0) is 11.1. The molecule has 0 amide bonds. The fraction of sp³-hybridized carbons (Fsp3) is 0.909. The summed E-state index contributed by atoms with van der Waals surface area (Å²) in [6.07, 6.45) is 4.99. The minimum absolute atomic E-state index is 0.0935. The van der Waals surface area contributed by atoms with Crippen molar-refractivity contribution in [2.24, 2.45) is 0 Å². The first-order valence-electron chi connectivity index (χ1n) is 5.77. The van der Waals surface area contributed by atoms with Crippen LogP contribution < -0.4 is 10.6 Å². The van der Waals surface area contributed by atoms with Crippen LogP contribution in [0.15, 0.2) is 0 Å². The van der Waals surface area contributed by atoms with Crippen molar-refractivity contribution in [1.82, 2.24) is 10.6 Å². The number of hydrogen-bond donors (Lipinski definition) is 2. The van der Waals surface area contributed by atoms with Crippen molar-refractivity contribution in [3.63, 3.8) is 0 Å². The Morgan fingerprint density at radius 3 is 2.73 bits per heavy atom. The van der Waals surface area contributed by atoms with Gasteiger partial charge in [0.25, 0.3) is 0 Å². The van der Waals surface area contributed by atoms with Crippen LogP contribution in [0.5, 0.6) is 0 Å². The zero-order valence-electron chi connectivity index (χ0n) is 9.71. The molecule has 2 unspecified atom stereocenters. The second kappa shape index (κ2) is 6.80. The Kier molecular flexibility index (Phi) is 5.65. The monoisotopic (exact) mass is 214 g/mol. The average molecular weight is 214 g/mol. The van der Waals surface area contributed by atoms with Crippen LogP contribution in [-0.4, -0.2) is 31.8 Å². The Bertz CT molecular complexity index is 197. The third-order valence-corrected chi connectivity index (χ3v) is 3.02. The molecule has 2 atom stereocenters. The summed E-state index contributed by atoms with van der Waals surface area (Å²) in [5, 5.41) is 6.77. The highest BCUT2D eigenvalue weighted by molar-refractivity contribution is 5.68. The first-order valence-corrected chi connectivity index (χ1v) is 5.77. The number of methoxy groups -OCH3 is 1. The molecule has 1 aliphatic heterocycles. The van der Waals surface area contributed by atoms with Crippen molar-refractivity contribution < 1.29 is 9.53 Å². The molecule has 2 N–H and O–H groups in total. The maximum Gasteiger partial charge on any atom is 0.305 e. The molecule has 0 aromatic heterocycles. The number of rotatable bonds is 6. The Hall–Kier alpha value is -0.610. The number of carbonyl (C=O) groups excluding carboxylic acids is 1. The van der Waals surface area contributed by atoms with Gasteiger partial charge in [-0.05, 0) is 19.8 Å². The zero-order valence-corrected chi connectivity index (χ0v) is 9.71. The molecule has 4 nitrogen and oxygen atoms in total. The quantitative estimate of drug-likeness (QED) is 0.512. The molecule has 4 heteroatoms. The van der Waals surface area contributed by atoms with Crippen LogP contribution in [0.2, 0.25) is 0 Å². The Morgan fingerprint density at radius 2 is 2.13 bits per heavy atom. The van der Waals surface area contributed by atoms with Gasteiger partial charge in [-0.15, -0.1) is 0 Å². The van der Waals surface area contributed by atoms with Gasteiger partial charge in [-0.1, -0.05) is 12.8 Å². The summed E-state index contributed by atoms with van der Waals surface area (Å²) in [6.45, 7) is 3.13. The average Bonchev–Trinajstić information content (AvgIpc) is 2.63. The van der Waals surface area contributed by atoms with Crippen LogP contribution in [0.25, 0.3) is 0 Å². The minimum Gasteiger partial charge on any atom is -0.469 e. The first-order chi connectivity index (χ1) is 7.24. The van der Waals surface area contributed by atoms with E-state index in [2.05, 4.69) is 22.3 Å². The van der Waals surface area contributed by atoms with Crippen molar-refractivity contribution in [1.29, 1.82) is 0 Å². The largest absolute Gasteiger partial charge is 0.469 e. The number of hydrogen-bond acceptors (Lipinski definition) is 4. The smallest absolute Gasteiger partial charge is 0.305 e. The van der Waals surface area contributed by atoms with Gasteiger partial charge >= 0.3 is 5.97 Å². The van der Waals surface area contributed by atoms with Crippen molar-refractivity contribution in [2.75, 3.05) is 13.8 Å². The molecule has 1 rings (SSSR count). The molecule has 0 saturated carbocycles. The highest BCUT2D eigenvalue weighted by Gasteiger charge is 2.20.